The first-order valence-corrected chi connectivity index (χ1v) is 6.28. The van der Waals surface area contributed by atoms with Crippen LogP contribution in [0.3, 0.4) is 0 Å². The number of hydrogen-bond donors (Lipinski definition) is 2. The maximum atomic E-state index is 4.15. The molecule has 0 fully saturated rings. The second-order valence-electron chi connectivity index (χ2n) is 4.40. The Labute approximate surface area is 112 Å². The molecule has 0 aliphatic carbocycles. The molecule has 0 aliphatic heterocycles. The molecule has 0 spiro atoms. The van der Waals surface area contributed by atoms with Crippen molar-refractivity contribution in [2.75, 3.05) is 5.43 Å². The number of para-hydroxylation sites is 1. The smallest absolute Gasteiger partial charge is 0.0487 e. The van der Waals surface area contributed by atoms with Crippen LogP contribution in [0, 0.1) is 0 Å². The summed E-state index contributed by atoms with van der Waals surface area (Å²) in [6.07, 6.45) is 3.71. The van der Waals surface area contributed by atoms with Crippen LogP contribution in [0.4, 0.5) is 5.69 Å². The maximum Gasteiger partial charge on any atom is 0.0487 e. The van der Waals surface area contributed by atoms with Gasteiger partial charge in [0.2, 0.25) is 0 Å². The Morgan fingerprint density at radius 1 is 0.895 bits per heavy atom. The summed E-state index contributed by atoms with van der Waals surface area (Å²) < 4.78 is 0. The highest BCUT2D eigenvalue weighted by Crippen LogP contribution is 2.14. The number of nitrogens with zero attached hydrogens (tertiary/aromatic N) is 1. The fourth-order valence-corrected chi connectivity index (χ4v) is 2.01. The van der Waals surface area contributed by atoms with Crippen molar-refractivity contribution < 1.29 is 0 Å². The number of benzene rings is 2. The number of nitrogens with one attached hydrogen (secondary N) is 2. The lowest BCUT2D eigenvalue weighted by molar-refractivity contribution is 0.802. The molecule has 2 aromatic carbocycles. The second-order valence-corrected chi connectivity index (χ2v) is 4.40. The van der Waals surface area contributed by atoms with E-state index in [0.717, 1.165) is 12.2 Å². The minimum absolute atomic E-state index is 0.764. The Balaban J connectivity index is 1.65. The number of aromatic nitrogens is 1. The molecule has 3 aromatic rings. The molecule has 0 radical (unpaired) electrons. The van der Waals surface area contributed by atoms with Crippen LogP contribution in [0.15, 0.2) is 67.0 Å². The molecule has 3 nitrogen and oxygen atoms in total. The van der Waals surface area contributed by atoms with Gasteiger partial charge in [-0.05, 0) is 35.2 Å². The quantitative estimate of drug-likeness (QED) is 0.696. The molecule has 3 heteroatoms. The highest BCUT2D eigenvalue weighted by Gasteiger charge is 1.96. The predicted molar refractivity (Wildman–Crippen MR) is 78.6 cm³/mol. The van der Waals surface area contributed by atoms with Crippen molar-refractivity contribution in [3.8, 4) is 0 Å². The van der Waals surface area contributed by atoms with E-state index in [0.29, 0.717) is 0 Å². The van der Waals surface area contributed by atoms with Gasteiger partial charge in [-0.2, -0.15) is 0 Å². The highest BCUT2D eigenvalue weighted by atomic mass is 15.3. The zero-order valence-electron chi connectivity index (χ0n) is 10.5. The van der Waals surface area contributed by atoms with Gasteiger partial charge in [-0.1, -0.05) is 30.3 Å². The average molecular weight is 249 g/mol. The summed E-state index contributed by atoms with van der Waals surface area (Å²) in [4.78, 5) is 4.15. The summed E-state index contributed by atoms with van der Waals surface area (Å²) in [6, 6.07) is 18.5. The minimum atomic E-state index is 0.764. The Morgan fingerprint density at radius 2 is 1.79 bits per heavy atom. The number of anilines is 1. The van der Waals surface area contributed by atoms with Gasteiger partial charge >= 0.3 is 0 Å². The van der Waals surface area contributed by atoms with Gasteiger partial charge in [0.05, 0.1) is 0 Å². The lowest BCUT2D eigenvalue weighted by atomic mass is 10.1. The van der Waals surface area contributed by atoms with Crippen LogP contribution in [-0.4, -0.2) is 4.98 Å². The molecular formula is C16H15N3. The Kier molecular flexibility index (Phi) is 3.38. The number of fused-ring (bicyclic) bond motifs is 1. The summed E-state index contributed by atoms with van der Waals surface area (Å²) in [6.45, 7) is 0.764. The van der Waals surface area contributed by atoms with E-state index < -0.39 is 0 Å². The summed E-state index contributed by atoms with van der Waals surface area (Å²) >= 11 is 0. The molecule has 1 aromatic heterocycles. The van der Waals surface area contributed by atoms with Crippen LogP contribution >= 0.6 is 0 Å². The fourth-order valence-electron chi connectivity index (χ4n) is 2.01. The zero-order chi connectivity index (χ0) is 12.9. The Morgan fingerprint density at radius 3 is 2.68 bits per heavy atom. The lowest BCUT2D eigenvalue weighted by Crippen LogP contribution is -2.20. The van der Waals surface area contributed by atoms with E-state index >= 15 is 0 Å². The molecule has 2 N–H and O–H groups in total. The maximum absolute atomic E-state index is 4.15. The van der Waals surface area contributed by atoms with Crippen molar-refractivity contribution in [3.63, 3.8) is 0 Å². The van der Waals surface area contributed by atoms with Crippen molar-refractivity contribution >= 4 is 16.5 Å². The summed E-state index contributed by atoms with van der Waals surface area (Å²) in [7, 11) is 0. The molecule has 0 aliphatic rings. The average Bonchev–Trinajstić information content (AvgIpc) is 2.48. The third-order valence-corrected chi connectivity index (χ3v) is 3.00. The van der Waals surface area contributed by atoms with Crippen LogP contribution in [0.1, 0.15) is 5.56 Å². The van der Waals surface area contributed by atoms with Gasteiger partial charge < -0.3 is 5.43 Å². The van der Waals surface area contributed by atoms with Gasteiger partial charge in [0.25, 0.3) is 0 Å². The van der Waals surface area contributed by atoms with Crippen molar-refractivity contribution in [1.29, 1.82) is 0 Å². The normalized spacial score (nSPS) is 10.5. The molecule has 0 saturated heterocycles. The van der Waals surface area contributed by atoms with Gasteiger partial charge in [-0.25, -0.2) is 5.43 Å². The largest absolute Gasteiger partial charge is 0.321 e. The van der Waals surface area contributed by atoms with Crippen molar-refractivity contribution in [2.24, 2.45) is 0 Å². The van der Waals surface area contributed by atoms with Gasteiger partial charge in [-0.3, -0.25) is 4.98 Å². The summed E-state index contributed by atoms with van der Waals surface area (Å²) in [5, 5.41) is 2.39. The van der Waals surface area contributed by atoms with Gasteiger partial charge in [0, 0.05) is 30.0 Å². The van der Waals surface area contributed by atoms with Crippen LogP contribution in [0.25, 0.3) is 10.8 Å². The molecular weight excluding hydrogens is 234 g/mol. The van der Waals surface area contributed by atoms with Crippen LogP contribution in [0.5, 0.6) is 0 Å². The molecule has 19 heavy (non-hydrogen) atoms. The van der Waals surface area contributed by atoms with Crippen LogP contribution in [-0.2, 0) is 6.54 Å². The van der Waals surface area contributed by atoms with Gasteiger partial charge in [-0.15, -0.1) is 0 Å². The third kappa shape index (κ3) is 2.89. The van der Waals surface area contributed by atoms with E-state index in [-0.39, 0.29) is 0 Å². The van der Waals surface area contributed by atoms with E-state index in [1.807, 2.05) is 48.8 Å². The summed E-state index contributed by atoms with van der Waals surface area (Å²) in [5.41, 5.74) is 8.67. The predicted octanol–water partition coefficient (Wildman–Crippen LogP) is 3.35. The monoisotopic (exact) mass is 249 g/mol. The third-order valence-electron chi connectivity index (χ3n) is 3.00. The molecule has 0 atom stereocenters. The molecule has 0 saturated carbocycles. The SMILES string of the molecule is c1ccc(NNCc2ccc3ccncc3c2)cc1. The first-order chi connectivity index (χ1) is 9.42. The molecule has 3 rings (SSSR count). The molecule has 94 valence electrons. The lowest BCUT2D eigenvalue weighted by Gasteiger charge is -2.08. The van der Waals surface area contributed by atoms with Crippen molar-refractivity contribution in [2.45, 2.75) is 6.54 Å². The molecule has 0 amide bonds. The molecule has 0 bridgehead atoms. The van der Waals surface area contributed by atoms with Gasteiger partial charge in [0.1, 0.15) is 0 Å². The second kappa shape index (κ2) is 5.50. The number of hydrazine groups is 1. The first-order valence-electron chi connectivity index (χ1n) is 6.28. The first kappa shape index (κ1) is 11.7. The van der Waals surface area contributed by atoms with E-state index in [9.17, 15) is 0 Å². The topological polar surface area (TPSA) is 37.0 Å². The summed E-state index contributed by atoms with van der Waals surface area (Å²) in [5.74, 6) is 0. The fraction of sp³-hybridized carbons (Fsp3) is 0.0625. The van der Waals surface area contributed by atoms with E-state index in [4.69, 9.17) is 0 Å². The highest BCUT2D eigenvalue weighted by molar-refractivity contribution is 5.81. The van der Waals surface area contributed by atoms with Crippen molar-refractivity contribution in [1.82, 2.24) is 10.4 Å². The van der Waals surface area contributed by atoms with E-state index in [1.54, 1.807) is 0 Å². The van der Waals surface area contributed by atoms with Crippen LogP contribution < -0.4 is 10.9 Å². The van der Waals surface area contributed by atoms with E-state index in [2.05, 4.69) is 34.0 Å². The molecule has 1 heterocycles. The number of pyridine rings is 1. The van der Waals surface area contributed by atoms with Crippen molar-refractivity contribution in [3.05, 3.63) is 72.6 Å². The Hall–Kier alpha value is -2.39. The molecule has 0 unspecified atom stereocenters. The van der Waals surface area contributed by atoms with Gasteiger partial charge in [0.15, 0.2) is 0 Å². The zero-order valence-corrected chi connectivity index (χ0v) is 10.5. The standard InChI is InChI=1S/C16H15N3/c1-2-4-16(5-3-1)19-18-11-13-6-7-14-8-9-17-12-15(14)10-13/h1-10,12,18-19H,11H2. The van der Waals surface area contributed by atoms with E-state index in [1.165, 1.54) is 16.3 Å². The Bertz CT molecular complexity index is 665. The minimum Gasteiger partial charge on any atom is -0.321 e. The number of hydrogen-bond acceptors (Lipinski definition) is 3. The number of rotatable bonds is 4. The van der Waals surface area contributed by atoms with Crippen LogP contribution in [0.2, 0.25) is 0 Å².